The third-order valence-electron chi connectivity index (χ3n) is 4.86. The van der Waals surface area contributed by atoms with Crippen LogP contribution in [0.3, 0.4) is 0 Å². The van der Waals surface area contributed by atoms with E-state index >= 15 is 0 Å². The lowest BCUT2D eigenvalue weighted by Crippen LogP contribution is -2.42. The van der Waals surface area contributed by atoms with Gasteiger partial charge in [-0.1, -0.05) is 40.9 Å². The first kappa shape index (κ1) is 17.2. The molecule has 2 aromatic carbocycles. The molecule has 0 bridgehead atoms. The van der Waals surface area contributed by atoms with Gasteiger partial charge in [-0.05, 0) is 53.9 Å². The maximum Gasteiger partial charge on any atom is 0.224 e. The van der Waals surface area contributed by atoms with E-state index in [0.717, 1.165) is 28.8 Å². The zero-order valence-electron chi connectivity index (χ0n) is 14.5. The van der Waals surface area contributed by atoms with Gasteiger partial charge in [0.05, 0.1) is 0 Å². The van der Waals surface area contributed by atoms with Crippen LogP contribution in [0.4, 0.5) is 17.5 Å². The van der Waals surface area contributed by atoms with Gasteiger partial charge >= 0.3 is 0 Å². The van der Waals surface area contributed by atoms with E-state index in [1.165, 1.54) is 23.6 Å². The number of nitrogens with one attached hydrogen (secondary N) is 2. The highest BCUT2D eigenvalue weighted by molar-refractivity contribution is 9.10. The fraction of sp³-hybridized carbons (Fsp3) is 0.300. The van der Waals surface area contributed by atoms with Crippen LogP contribution in [0.5, 0.6) is 0 Å². The molecule has 6 heteroatoms. The van der Waals surface area contributed by atoms with Gasteiger partial charge in [0.15, 0.2) is 0 Å². The monoisotopic (exact) mass is 411 g/mol. The fourth-order valence-corrected chi connectivity index (χ4v) is 3.82. The van der Waals surface area contributed by atoms with Gasteiger partial charge in [0.25, 0.3) is 0 Å². The van der Waals surface area contributed by atoms with E-state index in [1.54, 1.807) is 6.20 Å². The van der Waals surface area contributed by atoms with E-state index in [-0.39, 0.29) is 12.1 Å². The number of nitrogens with two attached hydrogens (primary N) is 1. The van der Waals surface area contributed by atoms with Crippen molar-refractivity contribution in [3.8, 4) is 0 Å². The van der Waals surface area contributed by atoms with Crippen molar-refractivity contribution < 1.29 is 0 Å². The standard InChI is InChI=1S/C20H22BrN5/c21-15-7-5-14-12-16(8-6-13(14)11-15)24-19-9-10-23-20(26-19)25-18-4-2-1-3-17(18)22/h5-12,17-18H,1-4,22H2,(H2,23,24,25,26)/t17-,18+/m0/s1. The number of hydrogen-bond acceptors (Lipinski definition) is 5. The first-order valence-electron chi connectivity index (χ1n) is 8.99. The molecule has 3 aromatic rings. The van der Waals surface area contributed by atoms with Gasteiger partial charge in [-0.3, -0.25) is 0 Å². The number of anilines is 3. The molecule has 1 saturated carbocycles. The molecule has 1 heterocycles. The Hall–Kier alpha value is -2.18. The summed E-state index contributed by atoms with van der Waals surface area (Å²) in [5.41, 5.74) is 7.21. The number of rotatable bonds is 4. The van der Waals surface area contributed by atoms with E-state index in [4.69, 9.17) is 5.73 Å². The number of hydrogen-bond donors (Lipinski definition) is 3. The van der Waals surface area contributed by atoms with Crippen LogP contribution in [0.1, 0.15) is 25.7 Å². The molecule has 0 amide bonds. The van der Waals surface area contributed by atoms with Gasteiger partial charge in [-0.15, -0.1) is 0 Å². The van der Waals surface area contributed by atoms with Crippen molar-refractivity contribution >= 4 is 44.2 Å². The Morgan fingerprint density at radius 1 is 1.00 bits per heavy atom. The minimum atomic E-state index is 0.170. The number of fused-ring (bicyclic) bond motifs is 1. The lowest BCUT2D eigenvalue weighted by molar-refractivity contribution is 0.402. The second-order valence-electron chi connectivity index (χ2n) is 6.80. The summed E-state index contributed by atoms with van der Waals surface area (Å²) in [5.74, 6) is 1.39. The van der Waals surface area contributed by atoms with Gasteiger partial charge in [0, 0.05) is 28.4 Å². The van der Waals surface area contributed by atoms with E-state index < -0.39 is 0 Å². The smallest absolute Gasteiger partial charge is 0.224 e. The average molecular weight is 412 g/mol. The van der Waals surface area contributed by atoms with Crippen molar-refractivity contribution in [2.75, 3.05) is 10.6 Å². The second kappa shape index (κ2) is 7.60. The molecule has 1 aliphatic carbocycles. The number of aromatic nitrogens is 2. The van der Waals surface area contributed by atoms with E-state index in [2.05, 4.69) is 66.9 Å². The molecule has 5 nitrogen and oxygen atoms in total. The fourth-order valence-electron chi connectivity index (χ4n) is 3.44. The highest BCUT2D eigenvalue weighted by atomic mass is 79.9. The summed E-state index contributed by atoms with van der Waals surface area (Å²) in [4.78, 5) is 8.94. The normalized spacial score (nSPS) is 20.1. The Labute approximate surface area is 161 Å². The topological polar surface area (TPSA) is 75.9 Å². The number of benzene rings is 2. The zero-order valence-corrected chi connectivity index (χ0v) is 16.0. The highest BCUT2D eigenvalue weighted by Crippen LogP contribution is 2.25. The summed E-state index contributed by atoms with van der Waals surface area (Å²) in [5, 5.41) is 9.14. The Balaban J connectivity index is 1.50. The summed E-state index contributed by atoms with van der Waals surface area (Å²) >= 11 is 3.51. The largest absolute Gasteiger partial charge is 0.350 e. The van der Waals surface area contributed by atoms with Gasteiger partial charge in [0.1, 0.15) is 5.82 Å². The molecule has 0 radical (unpaired) electrons. The van der Waals surface area contributed by atoms with Crippen molar-refractivity contribution in [2.45, 2.75) is 37.8 Å². The third kappa shape index (κ3) is 3.97. The molecular formula is C20H22BrN5. The van der Waals surface area contributed by atoms with Crippen LogP contribution in [0.25, 0.3) is 10.8 Å². The summed E-state index contributed by atoms with van der Waals surface area (Å²) in [7, 11) is 0. The Morgan fingerprint density at radius 3 is 2.69 bits per heavy atom. The van der Waals surface area contributed by atoms with Crippen LogP contribution < -0.4 is 16.4 Å². The van der Waals surface area contributed by atoms with Crippen molar-refractivity contribution in [1.29, 1.82) is 0 Å². The third-order valence-corrected chi connectivity index (χ3v) is 5.36. The number of nitrogens with zero attached hydrogens (tertiary/aromatic N) is 2. The average Bonchev–Trinajstić information content (AvgIpc) is 2.64. The molecule has 4 rings (SSSR count). The SMILES string of the molecule is N[C@H]1CCCC[C@H]1Nc1nccc(Nc2ccc3cc(Br)ccc3c2)n1. The minimum Gasteiger partial charge on any atom is -0.350 e. The molecule has 1 aliphatic rings. The second-order valence-corrected chi connectivity index (χ2v) is 7.71. The Kier molecular flexibility index (Phi) is 5.04. The predicted molar refractivity (Wildman–Crippen MR) is 111 cm³/mol. The molecule has 0 saturated heterocycles. The van der Waals surface area contributed by atoms with Crippen LogP contribution in [0.2, 0.25) is 0 Å². The molecule has 2 atom stereocenters. The molecule has 0 spiro atoms. The molecular weight excluding hydrogens is 390 g/mol. The number of halogens is 1. The maximum atomic E-state index is 6.21. The zero-order chi connectivity index (χ0) is 17.9. The van der Waals surface area contributed by atoms with Crippen molar-refractivity contribution in [2.24, 2.45) is 5.73 Å². The summed E-state index contributed by atoms with van der Waals surface area (Å²) in [6.07, 6.45) is 6.31. The van der Waals surface area contributed by atoms with Crippen LogP contribution >= 0.6 is 15.9 Å². The summed E-state index contributed by atoms with van der Waals surface area (Å²) in [6, 6.07) is 14.8. The Morgan fingerprint density at radius 2 is 1.81 bits per heavy atom. The molecule has 0 aliphatic heterocycles. The maximum absolute atomic E-state index is 6.21. The van der Waals surface area contributed by atoms with Crippen molar-refractivity contribution in [3.05, 3.63) is 53.1 Å². The van der Waals surface area contributed by atoms with Crippen molar-refractivity contribution in [1.82, 2.24) is 9.97 Å². The molecule has 1 fully saturated rings. The van der Waals surface area contributed by atoms with Crippen molar-refractivity contribution in [3.63, 3.8) is 0 Å². The summed E-state index contributed by atoms with van der Waals surface area (Å²) in [6.45, 7) is 0. The summed E-state index contributed by atoms with van der Waals surface area (Å²) < 4.78 is 1.08. The van der Waals surface area contributed by atoms with Gasteiger partial charge in [-0.25, -0.2) is 4.98 Å². The van der Waals surface area contributed by atoms with Crippen LogP contribution in [0, 0.1) is 0 Å². The van der Waals surface area contributed by atoms with Crippen LogP contribution in [-0.4, -0.2) is 22.1 Å². The quantitative estimate of drug-likeness (QED) is 0.573. The lowest BCUT2D eigenvalue weighted by Gasteiger charge is -2.29. The van der Waals surface area contributed by atoms with E-state index in [0.29, 0.717) is 5.95 Å². The first-order valence-corrected chi connectivity index (χ1v) is 9.78. The van der Waals surface area contributed by atoms with E-state index in [1.807, 2.05) is 12.1 Å². The predicted octanol–water partition coefficient (Wildman–Crippen LogP) is 4.82. The molecule has 0 unspecified atom stereocenters. The first-order chi connectivity index (χ1) is 12.7. The van der Waals surface area contributed by atoms with Gasteiger partial charge in [0.2, 0.25) is 5.95 Å². The molecule has 1 aromatic heterocycles. The molecule has 134 valence electrons. The Bertz CT molecular complexity index is 914. The highest BCUT2D eigenvalue weighted by Gasteiger charge is 2.22. The van der Waals surface area contributed by atoms with Crippen LogP contribution in [0.15, 0.2) is 53.1 Å². The molecule has 26 heavy (non-hydrogen) atoms. The van der Waals surface area contributed by atoms with Crippen LogP contribution in [-0.2, 0) is 0 Å². The molecule has 4 N–H and O–H groups in total. The lowest BCUT2D eigenvalue weighted by atomic mass is 9.91. The van der Waals surface area contributed by atoms with E-state index in [9.17, 15) is 0 Å². The minimum absolute atomic E-state index is 0.170. The van der Waals surface area contributed by atoms with Gasteiger partial charge in [-0.2, -0.15) is 4.98 Å². The van der Waals surface area contributed by atoms with Gasteiger partial charge < -0.3 is 16.4 Å².